The highest BCUT2D eigenvalue weighted by Gasteiger charge is 2.52. The molecule has 0 amide bonds. The molecule has 0 rings (SSSR count). The van der Waals surface area contributed by atoms with E-state index in [9.17, 15) is 22.7 Å². The minimum atomic E-state index is -5.28. The predicted molar refractivity (Wildman–Crippen MR) is 16.3 cm³/mol. The van der Waals surface area contributed by atoms with Gasteiger partial charge in [0.05, 0.1) is 0 Å². The molecular weight excluding hydrogens is 128 g/mol. The van der Waals surface area contributed by atoms with Crippen LogP contribution in [0.2, 0.25) is 0 Å². The van der Waals surface area contributed by atoms with Crippen LogP contribution in [-0.2, 0) is 5.11 Å². The summed E-state index contributed by atoms with van der Waals surface area (Å²) in [5, 5.41) is 9.33. The smallest absolute Gasteiger partial charge is 0.199 e. The van der Waals surface area contributed by atoms with Gasteiger partial charge in [-0.1, -0.05) is 0 Å². The lowest BCUT2D eigenvalue weighted by atomic mass is 10.4. The lowest BCUT2D eigenvalue weighted by Crippen LogP contribution is -2.35. The first kappa shape index (κ1) is 7.68. The Labute approximate surface area is 42.9 Å². The van der Waals surface area contributed by atoms with E-state index in [1.54, 1.807) is 0 Å². The molecule has 0 bridgehead atoms. The molecule has 49 valence electrons. The van der Waals surface area contributed by atoms with Crippen LogP contribution >= 0.6 is 0 Å². The van der Waals surface area contributed by atoms with Crippen LogP contribution in [0.15, 0.2) is 0 Å². The molecule has 1 radical (unpaired) electrons. The first-order valence-electron chi connectivity index (χ1n) is 1.71. The second kappa shape index (κ2) is 1.58. The monoisotopic (exact) mass is 131 g/mol. The molecular formula is C3H3F4O. The maximum absolute atomic E-state index is 11.2. The quantitative estimate of drug-likeness (QED) is 0.445. The summed E-state index contributed by atoms with van der Waals surface area (Å²) in [6.07, 6.45) is -5.28. The molecule has 5 heteroatoms. The molecule has 0 aromatic heterocycles. The second-order valence-electron chi connectivity index (χ2n) is 1.41. The second-order valence-corrected chi connectivity index (χ2v) is 1.41. The molecule has 0 aliphatic rings. The summed E-state index contributed by atoms with van der Waals surface area (Å²) in [6, 6.07) is 0. The fraction of sp³-hybridized carbons (Fsp3) is 1.00. The maximum Gasteiger partial charge on any atom is 0.450 e. The number of halogens is 4. The van der Waals surface area contributed by atoms with Gasteiger partial charge in [-0.3, -0.25) is 0 Å². The highest BCUT2D eigenvalue weighted by molar-refractivity contribution is 4.66. The Hall–Kier alpha value is -0.320. The van der Waals surface area contributed by atoms with Crippen molar-refractivity contribution in [1.29, 1.82) is 0 Å². The zero-order chi connectivity index (χ0) is 7.00. The molecule has 1 nitrogen and oxygen atoms in total. The van der Waals surface area contributed by atoms with Crippen LogP contribution in [0.5, 0.6) is 0 Å². The summed E-state index contributed by atoms with van der Waals surface area (Å²) < 4.78 is 43.8. The van der Waals surface area contributed by atoms with Gasteiger partial charge in [0.2, 0.25) is 0 Å². The van der Waals surface area contributed by atoms with Gasteiger partial charge in [0.15, 0.2) is 0 Å². The van der Waals surface area contributed by atoms with Gasteiger partial charge in [-0.25, -0.2) is 0 Å². The Bertz CT molecular complexity index is 66.3. The third-order valence-corrected chi connectivity index (χ3v) is 0.506. The van der Waals surface area contributed by atoms with E-state index in [1.165, 1.54) is 0 Å². The first-order valence-corrected chi connectivity index (χ1v) is 1.71. The predicted octanol–water partition coefficient (Wildman–Crippen LogP) is 1.66. The van der Waals surface area contributed by atoms with E-state index >= 15 is 0 Å². The van der Waals surface area contributed by atoms with E-state index in [-0.39, 0.29) is 6.92 Å². The summed E-state index contributed by atoms with van der Waals surface area (Å²) in [7, 11) is 0. The van der Waals surface area contributed by atoms with Crippen LogP contribution in [0.25, 0.3) is 0 Å². The van der Waals surface area contributed by atoms with Gasteiger partial charge in [-0.15, -0.1) is 0 Å². The topological polar surface area (TPSA) is 19.9 Å². The number of rotatable bonds is 0. The van der Waals surface area contributed by atoms with Crippen molar-refractivity contribution in [2.24, 2.45) is 0 Å². The Balaban J connectivity index is 4.02. The molecule has 0 saturated carbocycles. The summed E-state index contributed by atoms with van der Waals surface area (Å²) in [5.74, 6) is -4.31. The van der Waals surface area contributed by atoms with Crippen LogP contribution in [-0.4, -0.2) is 12.0 Å². The third kappa shape index (κ3) is 1.65. The highest BCUT2D eigenvalue weighted by atomic mass is 19.4. The average Bonchev–Trinajstić information content (AvgIpc) is 1.25. The zero-order valence-electron chi connectivity index (χ0n) is 3.92. The largest absolute Gasteiger partial charge is 0.450 e. The van der Waals surface area contributed by atoms with Crippen molar-refractivity contribution in [2.75, 3.05) is 0 Å². The van der Waals surface area contributed by atoms with Gasteiger partial charge >= 0.3 is 12.0 Å². The van der Waals surface area contributed by atoms with E-state index in [1.807, 2.05) is 0 Å². The van der Waals surface area contributed by atoms with E-state index < -0.39 is 12.0 Å². The minimum Gasteiger partial charge on any atom is -0.199 e. The molecule has 0 aromatic rings. The van der Waals surface area contributed by atoms with E-state index in [2.05, 4.69) is 0 Å². The van der Waals surface area contributed by atoms with Crippen molar-refractivity contribution in [3.05, 3.63) is 0 Å². The molecule has 1 atom stereocenters. The van der Waals surface area contributed by atoms with Crippen molar-refractivity contribution in [1.82, 2.24) is 0 Å². The summed E-state index contributed by atoms with van der Waals surface area (Å²) >= 11 is 0. The van der Waals surface area contributed by atoms with Gasteiger partial charge in [0, 0.05) is 6.92 Å². The van der Waals surface area contributed by atoms with E-state index in [0.717, 1.165) is 0 Å². The van der Waals surface area contributed by atoms with Crippen LogP contribution in [0, 0.1) is 0 Å². The molecule has 0 aliphatic carbocycles. The van der Waals surface area contributed by atoms with Crippen molar-refractivity contribution in [2.45, 2.75) is 19.0 Å². The van der Waals surface area contributed by atoms with E-state index in [0.29, 0.717) is 0 Å². The molecule has 0 N–H and O–H groups in total. The maximum atomic E-state index is 11.2. The van der Waals surface area contributed by atoms with Gasteiger partial charge < -0.3 is 0 Å². The first-order chi connectivity index (χ1) is 3.25. The zero-order valence-corrected chi connectivity index (χ0v) is 3.92. The molecule has 1 unspecified atom stereocenters. The summed E-state index contributed by atoms with van der Waals surface area (Å²) in [6.45, 7) is -0.0764. The van der Waals surface area contributed by atoms with Crippen LogP contribution in [0.4, 0.5) is 17.6 Å². The minimum absolute atomic E-state index is 0.0764. The summed E-state index contributed by atoms with van der Waals surface area (Å²) in [4.78, 5) is 0. The van der Waals surface area contributed by atoms with E-state index in [4.69, 9.17) is 0 Å². The van der Waals surface area contributed by atoms with Gasteiger partial charge in [-0.05, 0) is 0 Å². The highest BCUT2D eigenvalue weighted by Crippen LogP contribution is 2.30. The fourth-order valence-electron chi connectivity index (χ4n) is 0. The fourth-order valence-corrected chi connectivity index (χ4v) is 0. The van der Waals surface area contributed by atoms with Crippen molar-refractivity contribution >= 4 is 0 Å². The van der Waals surface area contributed by atoms with Crippen LogP contribution in [0.3, 0.4) is 0 Å². The van der Waals surface area contributed by atoms with Crippen molar-refractivity contribution < 1.29 is 22.7 Å². The standard InChI is InChI=1S/C3H3F4O/c1-2(4,8)3(5,6)7/h1H3. The number of hydrogen-bond acceptors (Lipinski definition) is 0. The molecule has 0 aliphatic heterocycles. The van der Waals surface area contributed by atoms with Crippen LogP contribution < -0.4 is 0 Å². The van der Waals surface area contributed by atoms with Gasteiger partial charge in [0.1, 0.15) is 0 Å². The average molecular weight is 131 g/mol. The molecule has 0 saturated heterocycles. The number of hydrogen-bond donors (Lipinski definition) is 0. The lowest BCUT2D eigenvalue weighted by Gasteiger charge is -2.12. The Kier molecular flexibility index (Phi) is 1.52. The van der Waals surface area contributed by atoms with Crippen molar-refractivity contribution in [3.8, 4) is 0 Å². The molecule has 0 heterocycles. The van der Waals surface area contributed by atoms with Gasteiger partial charge in [-0.2, -0.15) is 22.7 Å². The normalized spacial score (nSPS) is 20.2. The molecule has 0 spiro atoms. The lowest BCUT2D eigenvalue weighted by molar-refractivity contribution is -0.328. The Morgan fingerprint density at radius 1 is 1.12 bits per heavy atom. The Morgan fingerprint density at radius 2 is 1.25 bits per heavy atom. The van der Waals surface area contributed by atoms with Crippen molar-refractivity contribution in [3.63, 3.8) is 0 Å². The molecule has 0 aromatic carbocycles. The molecule has 8 heavy (non-hydrogen) atoms. The number of alkyl halides is 4. The van der Waals surface area contributed by atoms with Crippen LogP contribution in [0.1, 0.15) is 6.92 Å². The molecule has 0 fully saturated rings. The third-order valence-electron chi connectivity index (χ3n) is 0.506. The Morgan fingerprint density at radius 3 is 1.25 bits per heavy atom. The SMILES string of the molecule is CC([O])(F)C(F)(F)F. The summed E-state index contributed by atoms with van der Waals surface area (Å²) in [5.41, 5.74) is 0. The van der Waals surface area contributed by atoms with Gasteiger partial charge in [0.25, 0.3) is 0 Å².